The fourth-order valence-corrected chi connectivity index (χ4v) is 2.23. The predicted molar refractivity (Wildman–Crippen MR) is 75.1 cm³/mol. The number of Topliss-reactive ketones (excluding diaryl/α,β-unsaturated/α-hetero) is 1. The number of carbonyl (C=O) groups is 2. The molecule has 0 aromatic carbocycles. The number of esters is 1. The summed E-state index contributed by atoms with van der Waals surface area (Å²) in [5.74, 6) is -0.275. The molecular weight excluding hydrogens is 332 g/mol. The Hall–Kier alpha value is -1.66. The lowest BCUT2D eigenvalue weighted by molar-refractivity contribution is -0.136. The molecule has 0 saturated carbocycles. The average Bonchev–Trinajstić information content (AvgIpc) is 3.04. The minimum Gasteiger partial charge on any atom is -0.454 e. The summed E-state index contributed by atoms with van der Waals surface area (Å²) in [7, 11) is 0. The van der Waals surface area contributed by atoms with Crippen LogP contribution in [0, 0.1) is 0 Å². The maximum atomic E-state index is 11.6. The molecule has 0 aliphatic rings. The van der Waals surface area contributed by atoms with E-state index in [1.54, 1.807) is 29.6 Å². The summed E-state index contributed by atoms with van der Waals surface area (Å²) in [4.78, 5) is 23.5. The molecule has 19 heavy (non-hydrogen) atoms. The van der Waals surface area contributed by atoms with Gasteiger partial charge in [-0.15, -0.1) is 11.3 Å². The lowest BCUT2D eigenvalue weighted by Crippen LogP contribution is -2.11. The summed E-state index contributed by atoms with van der Waals surface area (Å²) >= 11 is 4.47. The van der Waals surface area contributed by atoms with Crippen LogP contribution in [0.4, 0.5) is 0 Å². The Balaban J connectivity index is 1.82. The molecule has 6 heteroatoms. The van der Waals surface area contributed by atoms with Crippen LogP contribution in [0.15, 0.2) is 44.8 Å². The highest BCUT2D eigenvalue weighted by Crippen LogP contribution is 2.15. The Kier molecular flexibility index (Phi) is 4.70. The molecule has 0 aliphatic heterocycles. The number of thiophene rings is 1. The topological polar surface area (TPSA) is 56.5 Å². The zero-order valence-corrected chi connectivity index (χ0v) is 12.1. The van der Waals surface area contributed by atoms with Crippen molar-refractivity contribution in [1.82, 2.24) is 0 Å². The van der Waals surface area contributed by atoms with Gasteiger partial charge in [0.2, 0.25) is 5.78 Å². The van der Waals surface area contributed by atoms with Gasteiger partial charge in [0.25, 0.3) is 0 Å². The molecule has 0 saturated heterocycles. The standard InChI is InChI=1S/C13H9BrO4S/c14-12-5-3-9(18-12)4-6-13(16)17-8-10(15)11-2-1-7-19-11/h1-7H,8H2. The van der Waals surface area contributed by atoms with Gasteiger partial charge in [-0.25, -0.2) is 4.79 Å². The number of ether oxygens (including phenoxy) is 1. The van der Waals surface area contributed by atoms with Gasteiger partial charge < -0.3 is 9.15 Å². The van der Waals surface area contributed by atoms with Gasteiger partial charge in [-0.05, 0) is 45.6 Å². The minimum absolute atomic E-state index is 0.211. The van der Waals surface area contributed by atoms with Crippen LogP contribution in [0.3, 0.4) is 0 Å². The molecule has 4 nitrogen and oxygen atoms in total. The molecule has 0 radical (unpaired) electrons. The molecule has 0 aliphatic carbocycles. The van der Waals surface area contributed by atoms with Gasteiger partial charge in [-0.3, -0.25) is 4.79 Å². The third-order valence-corrected chi connectivity index (χ3v) is 3.46. The van der Waals surface area contributed by atoms with Crippen LogP contribution in [-0.4, -0.2) is 18.4 Å². The molecule has 0 spiro atoms. The molecule has 0 fully saturated rings. The predicted octanol–water partition coefficient (Wildman–Crippen LogP) is 3.54. The number of carbonyl (C=O) groups excluding carboxylic acids is 2. The van der Waals surface area contributed by atoms with E-state index in [-0.39, 0.29) is 12.4 Å². The molecule has 2 aromatic heterocycles. The number of halogens is 1. The number of furan rings is 1. The van der Waals surface area contributed by atoms with E-state index in [1.165, 1.54) is 23.5 Å². The van der Waals surface area contributed by atoms with E-state index < -0.39 is 5.97 Å². The highest BCUT2D eigenvalue weighted by Gasteiger charge is 2.09. The first-order valence-corrected chi connectivity index (χ1v) is 6.99. The molecule has 98 valence electrons. The normalized spacial score (nSPS) is 10.8. The summed E-state index contributed by atoms with van der Waals surface area (Å²) in [5.41, 5.74) is 0. The van der Waals surface area contributed by atoms with E-state index in [1.807, 2.05) is 0 Å². The van der Waals surface area contributed by atoms with Crippen molar-refractivity contribution >= 4 is 45.1 Å². The van der Waals surface area contributed by atoms with Crippen LogP contribution in [0.25, 0.3) is 6.08 Å². The quantitative estimate of drug-likeness (QED) is 0.474. The fourth-order valence-electron chi connectivity index (χ4n) is 1.26. The van der Waals surface area contributed by atoms with Gasteiger partial charge in [-0.2, -0.15) is 0 Å². The average molecular weight is 341 g/mol. The second-order valence-electron chi connectivity index (χ2n) is 3.48. The highest BCUT2D eigenvalue weighted by molar-refractivity contribution is 9.10. The summed E-state index contributed by atoms with van der Waals surface area (Å²) in [6.07, 6.45) is 2.69. The molecule has 0 N–H and O–H groups in total. The van der Waals surface area contributed by atoms with E-state index in [4.69, 9.17) is 9.15 Å². The van der Waals surface area contributed by atoms with Crippen LogP contribution in [0.1, 0.15) is 15.4 Å². The van der Waals surface area contributed by atoms with Crippen LogP contribution in [0.5, 0.6) is 0 Å². The Morgan fingerprint density at radius 1 is 1.37 bits per heavy atom. The summed E-state index contributed by atoms with van der Waals surface area (Å²) < 4.78 is 10.6. The van der Waals surface area contributed by atoms with Crippen molar-refractivity contribution in [3.8, 4) is 0 Å². The molecular formula is C13H9BrO4S. The van der Waals surface area contributed by atoms with Gasteiger partial charge >= 0.3 is 5.97 Å². The molecule has 2 aromatic rings. The van der Waals surface area contributed by atoms with E-state index in [2.05, 4.69) is 15.9 Å². The van der Waals surface area contributed by atoms with Gasteiger partial charge in [0.15, 0.2) is 11.3 Å². The summed E-state index contributed by atoms with van der Waals surface area (Å²) in [6, 6.07) is 6.88. The van der Waals surface area contributed by atoms with Crippen molar-refractivity contribution in [2.24, 2.45) is 0 Å². The Labute approximate surface area is 121 Å². The lowest BCUT2D eigenvalue weighted by Gasteiger charge is -1.98. The molecule has 0 atom stereocenters. The molecule has 0 bridgehead atoms. The van der Waals surface area contributed by atoms with Crippen LogP contribution in [0.2, 0.25) is 0 Å². The first kappa shape index (κ1) is 13.8. The third kappa shape index (κ3) is 4.18. The molecule has 2 heterocycles. The molecule has 2 rings (SSSR count). The largest absolute Gasteiger partial charge is 0.454 e. The summed E-state index contributed by atoms with van der Waals surface area (Å²) in [6.45, 7) is -0.258. The van der Waals surface area contributed by atoms with Gasteiger partial charge in [0.05, 0.1) is 4.88 Å². The maximum absolute atomic E-state index is 11.6. The fraction of sp³-hybridized carbons (Fsp3) is 0.0769. The van der Waals surface area contributed by atoms with Gasteiger partial charge in [-0.1, -0.05) is 6.07 Å². The number of hydrogen-bond donors (Lipinski definition) is 0. The Morgan fingerprint density at radius 2 is 2.21 bits per heavy atom. The number of rotatable bonds is 5. The van der Waals surface area contributed by atoms with Crippen LogP contribution >= 0.6 is 27.3 Å². The first-order chi connectivity index (χ1) is 9.15. The van der Waals surface area contributed by atoms with Crippen LogP contribution < -0.4 is 0 Å². The van der Waals surface area contributed by atoms with Crippen molar-refractivity contribution in [2.45, 2.75) is 0 Å². The van der Waals surface area contributed by atoms with Crippen molar-refractivity contribution in [3.63, 3.8) is 0 Å². The molecule has 0 amide bonds. The first-order valence-electron chi connectivity index (χ1n) is 5.32. The van der Waals surface area contributed by atoms with Gasteiger partial charge in [0, 0.05) is 6.08 Å². The van der Waals surface area contributed by atoms with E-state index in [9.17, 15) is 9.59 Å². The smallest absolute Gasteiger partial charge is 0.331 e. The lowest BCUT2D eigenvalue weighted by atomic mass is 10.3. The number of hydrogen-bond acceptors (Lipinski definition) is 5. The van der Waals surface area contributed by atoms with E-state index in [0.29, 0.717) is 15.3 Å². The number of ketones is 1. The Morgan fingerprint density at radius 3 is 2.84 bits per heavy atom. The van der Waals surface area contributed by atoms with Gasteiger partial charge in [0.1, 0.15) is 5.76 Å². The summed E-state index contributed by atoms with van der Waals surface area (Å²) in [5, 5.41) is 1.80. The second-order valence-corrected chi connectivity index (χ2v) is 5.21. The van der Waals surface area contributed by atoms with Crippen LogP contribution in [-0.2, 0) is 9.53 Å². The maximum Gasteiger partial charge on any atom is 0.331 e. The molecule has 0 unspecified atom stereocenters. The van der Waals surface area contributed by atoms with Crippen molar-refractivity contribution in [1.29, 1.82) is 0 Å². The monoisotopic (exact) mass is 340 g/mol. The van der Waals surface area contributed by atoms with E-state index >= 15 is 0 Å². The Bertz CT molecular complexity index is 598. The minimum atomic E-state index is -0.586. The van der Waals surface area contributed by atoms with Crippen molar-refractivity contribution in [2.75, 3.05) is 6.61 Å². The zero-order chi connectivity index (χ0) is 13.7. The highest BCUT2D eigenvalue weighted by atomic mass is 79.9. The third-order valence-electron chi connectivity index (χ3n) is 2.12. The van der Waals surface area contributed by atoms with Crippen molar-refractivity contribution < 1.29 is 18.7 Å². The van der Waals surface area contributed by atoms with E-state index in [0.717, 1.165) is 0 Å². The zero-order valence-electron chi connectivity index (χ0n) is 9.67. The van der Waals surface area contributed by atoms with Crippen molar-refractivity contribution in [3.05, 3.63) is 51.0 Å². The second kappa shape index (κ2) is 6.49. The SMILES string of the molecule is O=C(C=Cc1ccc(Br)o1)OCC(=O)c1cccs1.